The monoisotopic (exact) mass is 176 g/mol. The van der Waals surface area contributed by atoms with Crippen molar-refractivity contribution in [2.75, 3.05) is 0 Å². The van der Waals surface area contributed by atoms with Crippen LogP contribution in [0.3, 0.4) is 0 Å². The van der Waals surface area contributed by atoms with Gasteiger partial charge in [0.2, 0.25) is 0 Å². The molecule has 0 bridgehead atoms. The highest BCUT2D eigenvalue weighted by Crippen LogP contribution is 2.17. The fourth-order valence-electron chi connectivity index (χ4n) is 1.11. The van der Waals surface area contributed by atoms with E-state index in [0.717, 1.165) is 5.69 Å². The maximum absolute atomic E-state index is 9.26. The SMILES string of the molecule is Oc1ccc(-n2ccnc2O)cc1. The lowest BCUT2D eigenvalue weighted by Gasteiger charge is -2.02. The van der Waals surface area contributed by atoms with Gasteiger partial charge >= 0.3 is 0 Å². The molecule has 0 aliphatic heterocycles. The van der Waals surface area contributed by atoms with Crippen LogP contribution < -0.4 is 0 Å². The molecular formula is C9H8N2O2. The quantitative estimate of drug-likeness (QED) is 0.688. The second-order valence-electron chi connectivity index (χ2n) is 2.61. The first kappa shape index (κ1) is 7.67. The van der Waals surface area contributed by atoms with Gasteiger partial charge in [0.25, 0.3) is 6.01 Å². The van der Waals surface area contributed by atoms with Crippen molar-refractivity contribution in [3.05, 3.63) is 36.7 Å². The number of imidazole rings is 1. The first-order valence-corrected chi connectivity index (χ1v) is 3.79. The minimum atomic E-state index is -0.0642. The maximum Gasteiger partial charge on any atom is 0.298 e. The number of phenolic OH excluding ortho intramolecular Hbond substituents is 1. The zero-order valence-electron chi connectivity index (χ0n) is 6.75. The van der Waals surface area contributed by atoms with Gasteiger partial charge < -0.3 is 10.2 Å². The molecule has 0 fully saturated rings. The Balaban J connectivity index is 2.47. The highest BCUT2D eigenvalue weighted by atomic mass is 16.3. The summed E-state index contributed by atoms with van der Waals surface area (Å²) < 4.78 is 1.51. The summed E-state index contributed by atoms with van der Waals surface area (Å²) in [5.74, 6) is 0.198. The Morgan fingerprint density at radius 3 is 2.31 bits per heavy atom. The van der Waals surface area contributed by atoms with E-state index in [1.165, 1.54) is 10.8 Å². The van der Waals surface area contributed by atoms with E-state index in [9.17, 15) is 5.11 Å². The molecule has 1 aromatic heterocycles. The molecule has 2 aromatic rings. The average Bonchev–Trinajstić information content (AvgIpc) is 2.53. The summed E-state index contributed by atoms with van der Waals surface area (Å²) in [6.07, 6.45) is 3.14. The van der Waals surface area contributed by atoms with E-state index in [-0.39, 0.29) is 11.8 Å². The molecular weight excluding hydrogens is 168 g/mol. The zero-order valence-corrected chi connectivity index (χ0v) is 6.75. The van der Waals surface area contributed by atoms with Crippen molar-refractivity contribution in [1.82, 2.24) is 9.55 Å². The van der Waals surface area contributed by atoms with Crippen LogP contribution in [0.4, 0.5) is 0 Å². The predicted molar refractivity (Wildman–Crippen MR) is 46.9 cm³/mol. The minimum absolute atomic E-state index is 0.0642. The lowest BCUT2D eigenvalue weighted by Crippen LogP contribution is -1.90. The topological polar surface area (TPSA) is 58.3 Å². The third-order valence-electron chi connectivity index (χ3n) is 1.75. The summed E-state index contributed by atoms with van der Waals surface area (Å²) in [5.41, 5.74) is 0.757. The summed E-state index contributed by atoms with van der Waals surface area (Å²) in [6, 6.07) is 6.42. The summed E-state index contributed by atoms with van der Waals surface area (Å²) in [5, 5.41) is 18.3. The van der Waals surface area contributed by atoms with E-state index in [4.69, 9.17) is 5.11 Å². The molecule has 0 unspecified atom stereocenters. The second kappa shape index (κ2) is 2.82. The normalized spacial score (nSPS) is 10.2. The van der Waals surface area contributed by atoms with E-state index >= 15 is 0 Å². The van der Waals surface area contributed by atoms with Crippen molar-refractivity contribution in [2.24, 2.45) is 0 Å². The Hall–Kier alpha value is -1.97. The van der Waals surface area contributed by atoms with Crippen molar-refractivity contribution in [3.8, 4) is 17.4 Å². The number of aromatic nitrogens is 2. The van der Waals surface area contributed by atoms with Gasteiger partial charge in [-0.25, -0.2) is 4.98 Å². The summed E-state index contributed by atoms with van der Waals surface area (Å²) in [6.45, 7) is 0. The molecule has 0 atom stereocenters. The smallest absolute Gasteiger partial charge is 0.298 e. The standard InChI is InChI=1S/C9H8N2O2/c12-8-3-1-7(2-4-8)11-6-5-10-9(11)13/h1-6,12H,(H,10,13). The van der Waals surface area contributed by atoms with Crippen molar-refractivity contribution in [3.63, 3.8) is 0 Å². The number of benzene rings is 1. The molecule has 4 heteroatoms. The fraction of sp³-hybridized carbons (Fsp3) is 0. The highest BCUT2D eigenvalue weighted by molar-refractivity contribution is 5.38. The van der Waals surface area contributed by atoms with Crippen LogP contribution in [-0.4, -0.2) is 19.8 Å². The van der Waals surface area contributed by atoms with Crippen molar-refractivity contribution in [2.45, 2.75) is 0 Å². The molecule has 66 valence electrons. The lowest BCUT2D eigenvalue weighted by atomic mass is 10.3. The molecule has 0 aliphatic rings. The van der Waals surface area contributed by atoms with Gasteiger partial charge in [-0.1, -0.05) is 0 Å². The van der Waals surface area contributed by atoms with Gasteiger partial charge in [-0.05, 0) is 24.3 Å². The molecule has 0 radical (unpaired) electrons. The zero-order chi connectivity index (χ0) is 9.26. The Morgan fingerprint density at radius 1 is 1.08 bits per heavy atom. The van der Waals surface area contributed by atoms with Crippen LogP contribution in [-0.2, 0) is 0 Å². The number of rotatable bonds is 1. The molecule has 2 rings (SSSR count). The second-order valence-corrected chi connectivity index (χ2v) is 2.61. The molecule has 13 heavy (non-hydrogen) atoms. The van der Waals surface area contributed by atoms with Crippen molar-refractivity contribution < 1.29 is 10.2 Å². The fourth-order valence-corrected chi connectivity index (χ4v) is 1.11. The minimum Gasteiger partial charge on any atom is -0.508 e. The van der Waals surface area contributed by atoms with E-state index in [1.54, 1.807) is 30.5 Å². The largest absolute Gasteiger partial charge is 0.508 e. The maximum atomic E-state index is 9.26. The Labute approximate surface area is 74.7 Å². The van der Waals surface area contributed by atoms with E-state index in [0.29, 0.717) is 0 Å². The van der Waals surface area contributed by atoms with Gasteiger partial charge in [-0.15, -0.1) is 0 Å². The molecule has 2 N–H and O–H groups in total. The first-order valence-electron chi connectivity index (χ1n) is 3.79. The molecule has 1 heterocycles. The van der Waals surface area contributed by atoms with Gasteiger partial charge in [0.15, 0.2) is 0 Å². The summed E-state index contributed by atoms with van der Waals surface area (Å²) in [7, 11) is 0. The molecule has 0 spiro atoms. The average molecular weight is 176 g/mol. The van der Waals surface area contributed by atoms with Gasteiger partial charge in [0.1, 0.15) is 5.75 Å². The first-order chi connectivity index (χ1) is 6.27. The third kappa shape index (κ3) is 1.33. The molecule has 0 saturated carbocycles. The molecule has 0 aliphatic carbocycles. The van der Waals surface area contributed by atoms with E-state index in [2.05, 4.69) is 4.98 Å². The van der Waals surface area contributed by atoms with Crippen LogP contribution in [0, 0.1) is 0 Å². The predicted octanol–water partition coefficient (Wildman–Crippen LogP) is 1.28. The van der Waals surface area contributed by atoms with Crippen LogP contribution in [0.25, 0.3) is 5.69 Å². The van der Waals surface area contributed by atoms with Crippen LogP contribution in [0.15, 0.2) is 36.7 Å². The van der Waals surface area contributed by atoms with Gasteiger partial charge in [-0.3, -0.25) is 4.57 Å². The van der Waals surface area contributed by atoms with E-state index in [1.807, 2.05) is 0 Å². The number of aromatic hydroxyl groups is 2. The number of hydrogen-bond acceptors (Lipinski definition) is 3. The van der Waals surface area contributed by atoms with Crippen molar-refractivity contribution in [1.29, 1.82) is 0 Å². The lowest BCUT2D eigenvalue weighted by molar-refractivity contribution is 0.422. The Bertz CT molecular complexity index is 406. The Kier molecular flexibility index (Phi) is 1.66. The third-order valence-corrected chi connectivity index (χ3v) is 1.75. The number of hydrogen-bond donors (Lipinski definition) is 2. The van der Waals surface area contributed by atoms with Gasteiger partial charge in [0.05, 0.1) is 5.69 Å². The Morgan fingerprint density at radius 2 is 1.77 bits per heavy atom. The van der Waals surface area contributed by atoms with Crippen molar-refractivity contribution >= 4 is 0 Å². The molecule has 0 saturated heterocycles. The summed E-state index contributed by atoms with van der Waals surface area (Å²) >= 11 is 0. The van der Waals surface area contributed by atoms with Crippen LogP contribution >= 0.6 is 0 Å². The van der Waals surface area contributed by atoms with Gasteiger partial charge in [-0.2, -0.15) is 0 Å². The molecule has 0 amide bonds. The van der Waals surface area contributed by atoms with Crippen LogP contribution in [0.2, 0.25) is 0 Å². The number of nitrogens with zero attached hydrogens (tertiary/aromatic N) is 2. The highest BCUT2D eigenvalue weighted by Gasteiger charge is 2.01. The molecule has 1 aromatic carbocycles. The van der Waals surface area contributed by atoms with E-state index < -0.39 is 0 Å². The van der Waals surface area contributed by atoms with Crippen LogP contribution in [0.1, 0.15) is 0 Å². The number of phenols is 1. The van der Waals surface area contributed by atoms with Crippen LogP contribution in [0.5, 0.6) is 11.8 Å². The van der Waals surface area contributed by atoms with Gasteiger partial charge in [0, 0.05) is 12.4 Å². The molecule has 4 nitrogen and oxygen atoms in total. The summed E-state index contributed by atoms with van der Waals surface area (Å²) in [4.78, 5) is 3.67.